The van der Waals surface area contributed by atoms with Crippen molar-refractivity contribution in [2.75, 3.05) is 12.4 Å². The summed E-state index contributed by atoms with van der Waals surface area (Å²) in [5.41, 5.74) is 2.25. The first-order valence-electron chi connectivity index (χ1n) is 11.3. The van der Waals surface area contributed by atoms with Crippen molar-refractivity contribution in [3.8, 4) is 5.75 Å². The SMILES string of the molecule is CC(C)c1ccc(O[C@H](C)C(=O)Nc2ccccc2C(=O)N(C)C2CCCCC2)cc1. The Morgan fingerprint density at radius 2 is 1.61 bits per heavy atom. The summed E-state index contributed by atoms with van der Waals surface area (Å²) in [6.45, 7) is 5.98. The van der Waals surface area contributed by atoms with E-state index in [-0.39, 0.29) is 17.9 Å². The molecular formula is C26H34N2O3. The third kappa shape index (κ3) is 5.87. The molecule has 0 aromatic heterocycles. The highest BCUT2D eigenvalue weighted by molar-refractivity contribution is 6.04. The molecule has 2 aromatic carbocycles. The van der Waals surface area contributed by atoms with Crippen molar-refractivity contribution in [2.24, 2.45) is 0 Å². The lowest BCUT2D eigenvalue weighted by molar-refractivity contribution is -0.122. The topological polar surface area (TPSA) is 58.6 Å². The van der Waals surface area contributed by atoms with Crippen molar-refractivity contribution in [3.05, 3.63) is 59.7 Å². The molecule has 3 rings (SSSR count). The molecule has 0 saturated heterocycles. The van der Waals surface area contributed by atoms with Gasteiger partial charge in [-0.3, -0.25) is 9.59 Å². The Labute approximate surface area is 185 Å². The van der Waals surface area contributed by atoms with Crippen molar-refractivity contribution in [1.29, 1.82) is 0 Å². The van der Waals surface area contributed by atoms with Gasteiger partial charge in [0.2, 0.25) is 0 Å². The molecule has 0 radical (unpaired) electrons. The minimum Gasteiger partial charge on any atom is -0.481 e. The molecule has 5 heteroatoms. The summed E-state index contributed by atoms with van der Waals surface area (Å²) in [6, 6.07) is 15.3. The maximum atomic E-state index is 13.1. The van der Waals surface area contributed by atoms with Gasteiger partial charge >= 0.3 is 0 Å². The maximum Gasteiger partial charge on any atom is 0.265 e. The number of para-hydroxylation sites is 1. The minimum absolute atomic E-state index is 0.0550. The van der Waals surface area contributed by atoms with Crippen molar-refractivity contribution in [1.82, 2.24) is 4.90 Å². The lowest BCUT2D eigenvalue weighted by Gasteiger charge is -2.31. The smallest absolute Gasteiger partial charge is 0.265 e. The highest BCUT2D eigenvalue weighted by Crippen LogP contribution is 2.25. The summed E-state index contributed by atoms with van der Waals surface area (Å²) >= 11 is 0. The van der Waals surface area contributed by atoms with Crippen molar-refractivity contribution in [2.45, 2.75) is 70.9 Å². The molecular weight excluding hydrogens is 388 g/mol. The van der Waals surface area contributed by atoms with Crippen LogP contribution in [0.15, 0.2) is 48.5 Å². The van der Waals surface area contributed by atoms with Crippen LogP contribution in [0.1, 0.15) is 74.7 Å². The highest BCUT2D eigenvalue weighted by Gasteiger charge is 2.25. The van der Waals surface area contributed by atoms with Crippen molar-refractivity contribution < 1.29 is 14.3 Å². The van der Waals surface area contributed by atoms with E-state index in [4.69, 9.17) is 4.74 Å². The molecule has 1 saturated carbocycles. The Bertz CT molecular complexity index is 886. The van der Waals surface area contributed by atoms with E-state index in [2.05, 4.69) is 19.2 Å². The number of carbonyl (C=O) groups is 2. The monoisotopic (exact) mass is 422 g/mol. The van der Waals surface area contributed by atoms with Crippen LogP contribution >= 0.6 is 0 Å². The fraction of sp³-hybridized carbons (Fsp3) is 0.462. The van der Waals surface area contributed by atoms with Gasteiger partial charge < -0.3 is 15.0 Å². The van der Waals surface area contributed by atoms with E-state index in [9.17, 15) is 9.59 Å². The fourth-order valence-electron chi connectivity index (χ4n) is 4.03. The number of anilines is 1. The van der Waals surface area contributed by atoms with Gasteiger partial charge in [0, 0.05) is 13.1 Å². The Morgan fingerprint density at radius 1 is 0.968 bits per heavy atom. The molecule has 1 N–H and O–H groups in total. The van der Waals surface area contributed by atoms with Crippen molar-refractivity contribution >= 4 is 17.5 Å². The first-order valence-corrected chi connectivity index (χ1v) is 11.3. The second-order valence-electron chi connectivity index (χ2n) is 8.73. The molecule has 1 fully saturated rings. The summed E-state index contributed by atoms with van der Waals surface area (Å²) in [7, 11) is 1.86. The number of ether oxygens (including phenoxy) is 1. The van der Waals surface area contributed by atoms with Gasteiger partial charge in [0.25, 0.3) is 11.8 Å². The zero-order chi connectivity index (χ0) is 22.4. The predicted molar refractivity (Wildman–Crippen MR) is 125 cm³/mol. The molecule has 0 spiro atoms. The quantitative estimate of drug-likeness (QED) is 0.630. The van der Waals surface area contributed by atoms with E-state index in [0.717, 1.165) is 25.7 Å². The van der Waals surface area contributed by atoms with E-state index in [1.807, 2.05) is 48.3 Å². The Kier molecular flexibility index (Phi) is 7.72. The Balaban J connectivity index is 1.66. The van der Waals surface area contributed by atoms with Gasteiger partial charge in [-0.05, 0) is 55.5 Å². The minimum atomic E-state index is -0.691. The summed E-state index contributed by atoms with van der Waals surface area (Å²) < 4.78 is 5.82. The van der Waals surface area contributed by atoms with E-state index >= 15 is 0 Å². The second kappa shape index (κ2) is 10.5. The Morgan fingerprint density at radius 3 is 2.26 bits per heavy atom. The lowest BCUT2D eigenvalue weighted by atomic mass is 9.94. The first kappa shape index (κ1) is 22.9. The van der Waals surface area contributed by atoms with E-state index in [1.165, 1.54) is 12.0 Å². The summed E-state index contributed by atoms with van der Waals surface area (Å²) in [4.78, 5) is 27.7. The molecule has 0 aliphatic heterocycles. The van der Waals surface area contributed by atoms with Crippen LogP contribution in [0.4, 0.5) is 5.69 Å². The lowest BCUT2D eigenvalue weighted by Crippen LogP contribution is -2.39. The summed E-state index contributed by atoms with van der Waals surface area (Å²) in [5, 5.41) is 2.89. The summed E-state index contributed by atoms with van der Waals surface area (Å²) in [5.74, 6) is 0.748. The molecule has 31 heavy (non-hydrogen) atoms. The molecule has 1 aliphatic carbocycles. The van der Waals surface area contributed by atoms with E-state index < -0.39 is 6.10 Å². The molecule has 0 bridgehead atoms. The number of hydrogen-bond acceptors (Lipinski definition) is 3. The fourth-order valence-corrected chi connectivity index (χ4v) is 4.03. The van der Waals surface area contributed by atoms with Gasteiger partial charge in [0.15, 0.2) is 6.10 Å². The molecule has 0 unspecified atom stereocenters. The number of rotatable bonds is 7. The van der Waals surface area contributed by atoms with Crippen LogP contribution in [0.2, 0.25) is 0 Å². The largest absolute Gasteiger partial charge is 0.481 e. The standard InChI is InChI=1S/C26H34N2O3/c1-18(2)20-14-16-22(17-15-20)31-19(3)25(29)27-24-13-9-8-12-23(24)26(30)28(4)21-10-6-5-7-11-21/h8-9,12-19,21H,5-7,10-11H2,1-4H3,(H,27,29)/t19-/m1/s1. The highest BCUT2D eigenvalue weighted by atomic mass is 16.5. The van der Waals surface area contributed by atoms with Crippen LogP contribution < -0.4 is 10.1 Å². The number of nitrogens with zero attached hydrogens (tertiary/aromatic N) is 1. The zero-order valence-corrected chi connectivity index (χ0v) is 19.1. The van der Waals surface area contributed by atoms with Crippen LogP contribution in [-0.2, 0) is 4.79 Å². The van der Waals surface area contributed by atoms with Gasteiger partial charge in [-0.1, -0.05) is 57.4 Å². The molecule has 166 valence electrons. The average Bonchev–Trinajstić information content (AvgIpc) is 2.79. The second-order valence-corrected chi connectivity index (χ2v) is 8.73. The third-order valence-corrected chi connectivity index (χ3v) is 6.09. The maximum absolute atomic E-state index is 13.1. The zero-order valence-electron chi connectivity index (χ0n) is 19.1. The van der Waals surface area contributed by atoms with Crippen LogP contribution in [0.3, 0.4) is 0 Å². The number of benzene rings is 2. The number of carbonyl (C=O) groups excluding carboxylic acids is 2. The molecule has 1 aliphatic rings. The number of nitrogens with one attached hydrogen (secondary N) is 1. The van der Waals surface area contributed by atoms with Gasteiger partial charge in [0.05, 0.1) is 11.3 Å². The molecule has 0 heterocycles. The van der Waals surface area contributed by atoms with Gasteiger partial charge in [-0.2, -0.15) is 0 Å². The molecule has 1 atom stereocenters. The van der Waals surface area contributed by atoms with Crippen LogP contribution in [-0.4, -0.2) is 35.9 Å². The Hall–Kier alpha value is -2.82. The van der Waals surface area contributed by atoms with Crippen LogP contribution in [0, 0.1) is 0 Å². The summed E-state index contributed by atoms with van der Waals surface area (Å²) in [6.07, 6.45) is 4.95. The van der Waals surface area contributed by atoms with E-state index in [1.54, 1.807) is 19.1 Å². The average molecular weight is 423 g/mol. The van der Waals surface area contributed by atoms with Gasteiger partial charge in [0.1, 0.15) is 5.75 Å². The van der Waals surface area contributed by atoms with Gasteiger partial charge in [-0.25, -0.2) is 0 Å². The normalized spacial score (nSPS) is 15.4. The number of hydrogen-bond donors (Lipinski definition) is 1. The molecule has 2 amide bonds. The third-order valence-electron chi connectivity index (χ3n) is 6.09. The molecule has 5 nitrogen and oxygen atoms in total. The van der Waals surface area contributed by atoms with Crippen molar-refractivity contribution in [3.63, 3.8) is 0 Å². The van der Waals surface area contributed by atoms with Crippen LogP contribution in [0.5, 0.6) is 5.75 Å². The van der Waals surface area contributed by atoms with Gasteiger partial charge in [-0.15, -0.1) is 0 Å². The number of amides is 2. The van der Waals surface area contributed by atoms with E-state index in [0.29, 0.717) is 22.9 Å². The first-order chi connectivity index (χ1) is 14.9. The molecule has 2 aromatic rings. The van der Waals surface area contributed by atoms with Crippen LogP contribution in [0.25, 0.3) is 0 Å². The predicted octanol–water partition coefficient (Wildman–Crippen LogP) is 5.62.